The first-order valence-corrected chi connectivity index (χ1v) is 9.52. The Balaban J connectivity index is 1.66. The SMILES string of the molecule is C[C@H](Sc1nnc(-c2ccco2)n1Cc1ccccc1)c1ccc(F)cc1. The van der Waals surface area contributed by atoms with Gasteiger partial charge in [0.25, 0.3) is 0 Å². The monoisotopic (exact) mass is 379 g/mol. The molecule has 0 aliphatic carbocycles. The van der Waals surface area contributed by atoms with E-state index in [0.717, 1.165) is 16.3 Å². The molecular formula is C21H18FN3OS. The highest BCUT2D eigenvalue weighted by Crippen LogP contribution is 2.35. The van der Waals surface area contributed by atoms with Crippen molar-refractivity contribution in [2.24, 2.45) is 0 Å². The highest BCUT2D eigenvalue weighted by molar-refractivity contribution is 7.99. The van der Waals surface area contributed by atoms with E-state index in [-0.39, 0.29) is 11.1 Å². The number of thioether (sulfide) groups is 1. The smallest absolute Gasteiger partial charge is 0.200 e. The van der Waals surface area contributed by atoms with Crippen molar-refractivity contribution in [1.29, 1.82) is 0 Å². The molecule has 0 fully saturated rings. The van der Waals surface area contributed by atoms with Crippen LogP contribution in [0.1, 0.15) is 23.3 Å². The zero-order valence-electron chi connectivity index (χ0n) is 14.7. The highest BCUT2D eigenvalue weighted by atomic mass is 32.2. The average molecular weight is 379 g/mol. The third kappa shape index (κ3) is 3.95. The second-order valence-electron chi connectivity index (χ2n) is 6.17. The van der Waals surface area contributed by atoms with Gasteiger partial charge >= 0.3 is 0 Å². The van der Waals surface area contributed by atoms with E-state index in [1.165, 1.54) is 12.1 Å². The summed E-state index contributed by atoms with van der Waals surface area (Å²) in [6.07, 6.45) is 1.63. The van der Waals surface area contributed by atoms with Crippen LogP contribution in [0.4, 0.5) is 4.39 Å². The number of rotatable bonds is 6. The Morgan fingerprint density at radius 2 is 1.78 bits per heavy atom. The molecule has 6 heteroatoms. The standard InChI is InChI=1S/C21H18FN3OS/c1-15(17-9-11-18(22)12-10-17)27-21-24-23-20(19-8-5-13-26-19)25(21)14-16-6-3-2-4-7-16/h2-13,15H,14H2,1H3/t15-/m0/s1. The molecule has 2 heterocycles. The Labute approximate surface area is 161 Å². The number of hydrogen-bond donors (Lipinski definition) is 0. The fraction of sp³-hybridized carbons (Fsp3) is 0.143. The zero-order valence-corrected chi connectivity index (χ0v) is 15.6. The van der Waals surface area contributed by atoms with Crippen LogP contribution in [0.5, 0.6) is 0 Å². The van der Waals surface area contributed by atoms with E-state index >= 15 is 0 Å². The highest BCUT2D eigenvalue weighted by Gasteiger charge is 2.19. The number of halogens is 1. The molecule has 0 amide bonds. The Morgan fingerprint density at radius 1 is 1.00 bits per heavy atom. The van der Waals surface area contributed by atoms with Gasteiger partial charge in [0.2, 0.25) is 5.82 Å². The summed E-state index contributed by atoms with van der Waals surface area (Å²) < 4.78 is 20.8. The number of furan rings is 1. The largest absolute Gasteiger partial charge is 0.461 e. The van der Waals surface area contributed by atoms with Crippen molar-refractivity contribution in [2.75, 3.05) is 0 Å². The van der Waals surface area contributed by atoms with E-state index in [1.807, 2.05) is 30.3 Å². The van der Waals surface area contributed by atoms with E-state index in [9.17, 15) is 4.39 Å². The summed E-state index contributed by atoms with van der Waals surface area (Å²) in [6.45, 7) is 2.72. The molecule has 27 heavy (non-hydrogen) atoms. The maximum absolute atomic E-state index is 13.2. The molecule has 4 aromatic rings. The van der Waals surface area contributed by atoms with Crippen molar-refractivity contribution < 1.29 is 8.81 Å². The Hall–Kier alpha value is -2.86. The van der Waals surface area contributed by atoms with Gasteiger partial charge in [-0.3, -0.25) is 4.57 Å². The molecule has 0 spiro atoms. The second-order valence-corrected chi connectivity index (χ2v) is 7.47. The molecule has 2 aromatic heterocycles. The van der Waals surface area contributed by atoms with Gasteiger partial charge in [-0.2, -0.15) is 0 Å². The van der Waals surface area contributed by atoms with Crippen molar-refractivity contribution in [3.05, 3.63) is 89.9 Å². The molecule has 1 atom stereocenters. The minimum absolute atomic E-state index is 0.105. The molecular weight excluding hydrogens is 361 g/mol. The third-order valence-corrected chi connectivity index (χ3v) is 5.40. The van der Waals surface area contributed by atoms with Crippen LogP contribution < -0.4 is 0 Å². The quantitative estimate of drug-likeness (QED) is 0.410. The van der Waals surface area contributed by atoms with Crippen molar-refractivity contribution in [3.8, 4) is 11.6 Å². The second kappa shape index (κ2) is 7.80. The molecule has 0 aliphatic rings. The van der Waals surface area contributed by atoms with E-state index in [1.54, 1.807) is 30.2 Å². The summed E-state index contributed by atoms with van der Waals surface area (Å²) in [5.41, 5.74) is 2.19. The topological polar surface area (TPSA) is 43.9 Å². The van der Waals surface area contributed by atoms with Gasteiger partial charge < -0.3 is 4.42 Å². The molecule has 4 rings (SSSR count). The van der Waals surface area contributed by atoms with Gasteiger partial charge in [-0.25, -0.2) is 4.39 Å². The Kier molecular flexibility index (Phi) is 5.07. The lowest BCUT2D eigenvalue weighted by Crippen LogP contribution is -2.04. The minimum Gasteiger partial charge on any atom is -0.461 e. The lowest BCUT2D eigenvalue weighted by Gasteiger charge is -2.13. The molecule has 0 radical (unpaired) electrons. The van der Waals surface area contributed by atoms with Gasteiger partial charge in [0.15, 0.2) is 10.9 Å². The molecule has 136 valence electrons. The summed E-state index contributed by atoms with van der Waals surface area (Å²) in [4.78, 5) is 0. The molecule has 0 saturated heterocycles. The lowest BCUT2D eigenvalue weighted by molar-refractivity contribution is 0.569. The van der Waals surface area contributed by atoms with Crippen LogP contribution in [-0.2, 0) is 6.54 Å². The summed E-state index contributed by atoms with van der Waals surface area (Å²) in [5.74, 6) is 1.14. The van der Waals surface area contributed by atoms with E-state index in [0.29, 0.717) is 18.1 Å². The fourth-order valence-corrected chi connectivity index (χ4v) is 3.81. The van der Waals surface area contributed by atoms with Crippen LogP contribution in [0.2, 0.25) is 0 Å². The number of aromatic nitrogens is 3. The maximum atomic E-state index is 13.2. The number of hydrogen-bond acceptors (Lipinski definition) is 4. The Morgan fingerprint density at radius 3 is 2.48 bits per heavy atom. The molecule has 0 unspecified atom stereocenters. The van der Waals surface area contributed by atoms with Gasteiger partial charge in [-0.15, -0.1) is 10.2 Å². The predicted molar refractivity (Wildman–Crippen MR) is 104 cm³/mol. The first kappa shape index (κ1) is 17.5. The number of nitrogens with zero attached hydrogens (tertiary/aromatic N) is 3. The first-order valence-electron chi connectivity index (χ1n) is 8.64. The van der Waals surface area contributed by atoms with Crippen LogP contribution in [0.25, 0.3) is 11.6 Å². The van der Waals surface area contributed by atoms with Gasteiger partial charge in [0.1, 0.15) is 5.82 Å². The third-order valence-electron chi connectivity index (χ3n) is 4.26. The van der Waals surface area contributed by atoms with E-state index < -0.39 is 0 Å². The van der Waals surface area contributed by atoms with Crippen molar-refractivity contribution in [1.82, 2.24) is 14.8 Å². The van der Waals surface area contributed by atoms with Crippen LogP contribution in [0.15, 0.2) is 82.6 Å². The van der Waals surface area contributed by atoms with Crippen molar-refractivity contribution in [3.63, 3.8) is 0 Å². The normalized spacial score (nSPS) is 12.2. The molecule has 0 bridgehead atoms. The number of benzene rings is 2. The summed E-state index contributed by atoms with van der Waals surface area (Å²) in [6, 6.07) is 20.5. The van der Waals surface area contributed by atoms with Gasteiger partial charge in [-0.05, 0) is 42.3 Å². The maximum Gasteiger partial charge on any atom is 0.200 e. The molecule has 2 aromatic carbocycles. The van der Waals surface area contributed by atoms with Gasteiger partial charge in [0, 0.05) is 5.25 Å². The fourth-order valence-electron chi connectivity index (χ4n) is 2.83. The van der Waals surface area contributed by atoms with Crippen LogP contribution in [0, 0.1) is 5.82 Å². The minimum atomic E-state index is -0.233. The van der Waals surface area contributed by atoms with E-state index in [2.05, 4.69) is 33.8 Å². The van der Waals surface area contributed by atoms with Gasteiger partial charge in [-0.1, -0.05) is 54.2 Å². The Bertz CT molecular complexity index is 998. The van der Waals surface area contributed by atoms with Gasteiger partial charge in [0.05, 0.1) is 12.8 Å². The molecule has 0 aliphatic heterocycles. The molecule has 0 N–H and O–H groups in total. The van der Waals surface area contributed by atoms with Crippen molar-refractivity contribution >= 4 is 11.8 Å². The zero-order chi connectivity index (χ0) is 18.6. The predicted octanol–water partition coefficient (Wildman–Crippen LogP) is 5.58. The summed E-state index contributed by atoms with van der Waals surface area (Å²) in [5, 5.41) is 9.65. The molecule has 0 saturated carbocycles. The van der Waals surface area contributed by atoms with Crippen LogP contribution >= 0.6 is 11.8 Å². The van der Waals surface area contributed by atoms with Crippen molar-refractivity contribution in [2.45, 2.75) is 23.9 Å². The molecule has 4 nitrogen and oxygen atoms in total. The first-order chi connectivity index (χ1) is 13.2. The summed E-state index contributed by atoms with van der Waals surface area (Å²) >= 11 is 1.59. The summed E-state index contributed by atoms with van der Waals surface area (Å²) in [7, 11) is 0. The van der Waals surface area contributed by atoms with Crippen LogP contribution in [0.3, 0.4) is 0 Å². The lowest BCUT2D eigenvalue weighted by atomic mass is 10.2. The van der Waals surface area contributed by atoms with E-state index in [4.69, 9.17) is 4.42 Å². The van der Waals surface area contributed by atoms with Crippen LogP contribution in [-0.4, -0.2) is 14.8 Å². The average Bonchev–Trinajstić information content (AvgIpc) is 3.34.